The van der Waals surface area contributed by atoms with Crippen LogP contribution in [0.25, 0.3) is 0 Å². The lowest BCUT2D eigenvalue weighted by molar-refractivity contribution is -0.144. The minimum Gasteiger partial charge on any atom is -0.480 e. The predicted octanol–water partition coefficient (Wildman–Crippen LogP) is -1.23. The topological polar surface area (TPSA) is 171 Å². The Morgan fingerprint density at radius 3 is 2.23 bits per heavy atom. The number of carboxylic acid groups (broad SMARTS) is 1. The van der Waals surface area contributed by atoms with Crippen molar-refractivity contribution in [3.63, 3.8) is 0 Å². The highest BCUT2D eigenvalue weighted by Crippen LogP contribution is 2.08. The number of carbonyl (C=O) groups excluding carboxylic acids is 3. The lowest BCUT2D eigenvalue weighted by atomic mass is 9.99. The molecule has 4 atom stereocenters. The van der Waals surface area contributed by atoms with Gasteiger partial charge in [-0.2, -0.15) is 0 Å². The van der Waals surface area contributed by atoms with Crippen LogP contribution in [0.5, 0.6) is 0 Å². The standard InChI is InChI=1S/C20H30N4O6/c1-3-12(2)17(20(29)30)24-19(28)15(11-25)23-16(26)10-22-18(27)14(21)9-13-7-5-4-6-8-13/h4-8,12,14-15,17,25H,3,9-11,21H2,1-2H3,(H,22,27)(H,23,26)(H,24,28)(H,29,30). The summed E-state index contributed by atoms with van der Waals surface area (Å²) in [5.74, 6) is -3.64. The Bertz CT molecular complexity index is 727. The SMILES string of the molecule is CCC(C)C(NC(=O)C(CO)NC(=O)CNC(=O)C(N)Cc1ccccc1)C(=O)O. The summed E-state index contributed by atoms with van der Waals surface area (Å²) in [6, 6.07) is 5.79. The fourth-order valence-corrected chi connectivity index (χ4v) is 2.64. The second-order valence-corrected chi connectivity index (χ2v) is 7.03. The van der Waals surface area contributed by atoms with Gasteiger partial charge in [-0.3, -0.25) is 14.4 Å². The molecule has 0 bridgehead atoms. The first kappa shape index (κ1) is 25.1. The number of hydrogen-bond donors (Lipinski definition) is 6. The van der Waals surface area contributed by atoms with Crippen molar-refractivity contribution < 1.29 is 29.4 Å². The maximum absolute atomic E-state index is 12.2. The molecule has 0 saturated carbocycles. The van der Waals surface area contributed by atoms with Crippen molar-refractivity contribution in [3.05, 3.63) is 35.9 Å². The Morgan fingerprint density at radius 1 is 1.07 bits per heavy atom. The van der Waals surface area contributed by atoms with Crippen LogP contribution in [0, 0.1) is 5.92 Å². The second kappa shape index (κ2) is 12.6. The van der Waals surface area contributed by atoms with Crippen LogP contribution < -0.4 is 21.7 Å². The monoisotopic (exact) mass is 422 g/mol. The van der Waals surface area contributed by atoms with Crippen LogP contribution in [-0.4, -0.2) is 65.2 Å². The molecule has 166 valence electrons. The zero-order valence-corrected chi connectivity index (χ0v) is 17.1. The van der Waals surface area contributed by atoms with E-state index < -0.39 is 55.0 Å². The van der Waals surface area contributed by atoms with Crippen LogP contribution in [0.15, 0.2) is 30.3 Å². The Hall–Kier alpha value is -2.98. The van der Waals surface area contributed by atoms with Gasteiger partial charge in [0.15, 0.2) is 0 Å². The quantitative estimate of drug-likeness (QED) is 0.245. The van der Waals surface area contributed by atoms with Gasteiger partial charge in [-0.15, -0.1) is 0 Å². The molecule has 0 aliphatic carbocycles. The van der Waals surface area contributed by atoms with E-state index in [9.17, 15) is 29.4 Å². The molecule has 0 saturated heterocycles. The van der Waals surface area contributed by atoms with E-state index in [-0.39, 0.29) is 5.92 Å². The minimum atomic E-state index is -1.35. The molecule has 30 heavy (non-hydrogen) atoms. The Kier molecular flexibility index (Phi) is 10.5. The highest BCUT2D eigenvalue weighted by Gasteiger charge is 2.29. The van der Waals surface area contributed by atoms with Crippen molar-refractivity contribution in [2.45, 2.75) is 44.8 Å². The molecule has 10 nitrogen and oxygen atoms in total. The van der Waals surface area contributed by atoms with Crippen LogP contribution in [0.1, 0.15) is 25.8 Å². The lowest BCUT2D eigenvalue weighted by Crippen LogP contribution is -2.56. The number of carboxylic acids is 1. The smallest absolute Gasteiger partial charge is 0.326 e. The number of nitrogens with two attached hydrogens (primary N) is 1. The summed E-state index contributed by atoms with van der Waals surface area (Å²) in [5, 5.41) is 25.6. The van der Waals surface area contributed by atoms with Gasteiger partial charge in [0, 0.05) is 0 Å². The van der Waals surface area contributed by atoms with E-state index in [1.165, 1.54) is 0 Å². The minimum absolute atomic E-state index is 0.294. The Morgan fingerprint density at radius 2 is 1.70 bits per heavy atom. The highest BCUT2D eigenvalue weighted by atomic mass is 16.4. The number of amides is 3. The average molecular weight is 422 g/mol. The number of aliphatic hydroxyl groups is 1. The summed E-state index contributed by atoms with van der Waals surface area (Å²) in [7, 11) is 0. The molecule has 10 heteroatoms. The summed E-state index contributed by atoms with van der Waals surface area (Å²) in [4.78, 5) is 47.7. The Labute approximate surface area is 175 Å². The first-order valence-corrected chi connectivity index (χ1v) is 9.70. The molecule has 4 unspecified atom stereocenters. The third kappa shape index (κ3) is 8.18. The van der Waals surface area contributed by atoms with Crippen LogP contribution in [-0.2, 0) is 25.6 Å². The van der Waals surface area contributed by atoms with Crippen molar-refractivity contribution in [2.24, 2.45) is 11.7 Å². The van der Waals surface area contributed by atoms with Crippen molar-refractivity contribution in [1.82, 2.24) is 16.0 Å². The molecule has 1 aromatic rings. The largest absolute Gasteiger partial charge is 0.480 e. The third-order valence-corrected chi connectivity index (χ3v) is 4.67. The predicted molar refractivity (Wildman–Crippen MR) is 109 cm³/mol. The van der Waals surface area contributed by atoms with E-state index >= 15 is 0 Å². The maximum atomic E-state index is 12.2. The number of rotatable bonds is 12. The molecule has 0 spiro atoms. The van der Waals surface area contributed by atoms with E-state index in [1.807, 2.05) is 30.3 Å². The molecule has 0 fully saturated rings. The van der Waals surface area contributed by atoms with Gasteiger partial charge in [-0.1, -0.05) is 50.6 Å². The Balaban J connectivity index is 2.53. The van der Waals surface area contributed by atoms with Crippen LogP contribution >= 0.6 is 0 Å². The molecule has 0 aliphatic heterocycles. The molecule has 0 radical (unpaired) electrons. The number of aliphatic hydroxyl groups excluding tert-OH is 1. The van der Waals surface area contributed by atoms with Gasteiger partial charge in [0.05, 0.1) is 19.2 Å². The molecule has 0 heterocycles. The van der Waals surface area contributed by atoms with Crippen molar-refractivity contribution >= 4 is 23.7 Å². The molecule has 1 aromatic carbocycles. The van der Waals surface area contributed by atoms with E-state index in [2.05, 4.69) is 16.0 Å². The first-order valence-electron chi connectivity index (χ1n) is 9.70. The highest BCUT2D eigenvalue weighted by molar-refractivity contribution is 5.92. The van der Waals surface area contributed by atoms with Crippen molar-refractivity contribution in [1.29, 1.82) is 0 Å². The van der Waals surface area contributed by atoms with Crippen LogP contribution in [0.2, 0.25) is 0 Å². The molecular formula is C20H30N4O6. The van der Waals surface area contributed by atoms with Gasteiger partial charge in [-0.25, -0.2) is 4.79 Å². The number of aliphatic carboxylic acids is 1. The average Bonchev–Trinajstić information content (AvgIpc) is 2.73. The summed E-state index contributed by atoms with van der Waals surface area (Å²) in [5.41, 5.74) is 6.70. The molecule has 0 aliphatic rings. The van der Waals surface area contributed by atoms with Crippen LogP contribution in [0.4, 0.5) is 0 Å². The van der Waals surface area contributed by atoms with E-state index in [0.29, 0.717) is 12.8 Å². The van der Waals surface area contributed by atoms with E-state index in [0.717, 1.165) is 5.56 Å². The zero-order valence-electron chi connectivity index (χ0n) is 17.1. The fraction of sp³-hybridized carbons (Fsp3) is 0.500. The molecular weight excluding hydrogens is 392 g/mol. The fourth-order valence-electron chi connectivity index (χ4n) is 2.64. The molecule has 7 N–H and O–H groups in total. The summed E-state index contributed by atoms with van der Waals surface area (Å²) >= 11 is 0. The normalized spacial score (nSPS) is 14.7. The van der Waals surface area contributed by atoms with Gasteiger partial charge >= 0.3 is 5.97 Å². The number of hydrogen-bond acceptors (Lipinski definition) is 6. The molecule has 0 aromatic heterocycles. The number of nitrogens with one attached hydrogen (secondary N) is 3. The number of benzene rings is 1. The lowest BCUT2D eigenvalue weighted by Gasteiger charge is -2.23. The first-order chi connectivity index (χ1) is 14.2. The van der Waals surface area contributed by atoms with Gasteiger partial charge in [0.25, 0.3) is 0 Å². The molecule has 3 amide bonds. The van der Waals surface area contributed by atoms with Crippen molar-refractivity contribution in [3.8, 4) is 0 Å². The summed E-state index contributed by atoms with van der Waals surface area (Å²) < 4.78 is 0. The zero-order chi connectivity index (χ0) is 22.7. The summed E-state index contributed by atoms with van der Waals surface area (Å²) in [6.07, 6.45) is 0.810. The second-order valence-electron chi connectivity index (χ2n) is 7.03. The van der Waals surface area contributed by atoms with E-state index in [1.54, 1.807) is 13.8 Å². The van der Waals surface area contributed by atoms with Crippen LogP contribution in [0.3, 0.4) is 0 Å². The van der Waals surface area contributed by atoms with Gasteiger partial charge < -0.3 is 31.9 Å². The van der Waals surface area contributed by atoms with Gasteiger partial charge in [-0.05, 0) is 17.9 Å². The molecule has 1 rings (SSSR count). The maximum Gasteiger partial charge on any atom is 0.326 e. The number of carbonyl (C=O) groups is 4. The summed E-state index contributed by atoms with van der Waals surface area (Å²) in [6.45, 7) is 2.27. The van der Waals surface area contributed by atoms with Gasteiger partial charge in [0.2, 0.25) is 17.7 Å². The van der Waals surface area contributed by atoms with Crippen molar-refractivity contribution in [2.75, 3.05) is 13.2 Å². The van der Waals surface area contributed by atoms with E-state index in [4.69, 9.17) is 5.73 Å². The third-order valence-electron chi connectivity index (χ3n) is 4.67. The van der Waals surface area contributed by atoms with Gasteiger partial charge in [0.1, 0.15) is 12.1 Å².